The molecule has 5 heteroatoms. The molecule has 3 unspecified atom stereocenters. The van der Waals surface area contributed by atoms with Crippen LogP contribution in [-0.4, -0.2) is 27.8 Å². The lowest BCUT2D eigenvalue weighted by molar-refractivity contribution is -0.117. The van der Waals surface area contributed by atoms with Crippen molar-refractivity contribution in [2.75, 3.05) is 5.32 Å². The Balaban J connectivity index is 1.34. The second kappa shape index (κ2) is 6.77. The highest BCUT2D eigenvalue weighted by molar-refractivity contribution is 5.95. The van der Waals surface area contributed by atoms with Gasteiger partial charge in [0.2, 0.25) is 5.91 Å². The number of fused-ring (bicyclic) bond motifs is 1. The number of hydrogen-bond acceptors (Lipinski definition) is 3. The van der Waals surface area contributed by atoms with Gasteiger partial charge >= 0.3 is 0 Å². The van der Waals surface area contributed by atoms with Crippen molar-refractivity contribution in [3.8, 4) is 0 Å². The highest BCUT2D eigenvalue weighted by atomic mass is 16.2. The lowest BCUT2D eigenvalue weighted by Crippen LogP contribution is -2.39. The molecule has 1 aliphatic heterocycles. The Hall–Kier alpha value is -2.14. The summed E-state index contributed by atoms with van der Waals surface area (Å²) in [5, 5.41) is 10.8. The van der Waals surface area contributed by atoms with E-state index in [0.29, 0.717) is 12.0 Å². The van der Waals surface area contributed by atoms with Crippen LogP contribution in [0, 0.1) is 5.92 Å². The van der Waals surface area contributed by atoms with E-state index in [2.05, 4.69) is 15.7 Å². The van der Waals surface area contributed by atoms with E-state index >= 15 is 0 Å². The minimum atomic E-state index is -0.0400. The smallest absolute Gasteiger partial charge is 0.241 e. The Kier molecular flexibility index (Phi) is 4.34. The maximum atomic E-state index is 12.5. The van der Waals surface area contributed by atoms with Crippen LogP contribution < -0.4 is 10.6 Å². The fourth-order valence-corrected chi connectivity index (χ4v) is 4.03. The third kappa shape index (κ3) is 3.36. The van der Waals surface area contributed by atoms with Crippen LogP contribution in [0.5, 0.6) is 0 Å². The topological polar surface area (TPSA) is 59.0 Å². The molecule has 5 nitrogen and oxygen atoms in total. The summed E-state index contributed by atoms with van der Waals surface area (Å²) in [6.45, 7) is 0.745. The van der Waals surface area contributed by atoms with Crippen molar-refractivity contribution in [2.45, 2.75) is 50.7 Å². The molecule has 0 spiro atoms. The van der Waals surface area contributed by atoms with Gasteiger partial charge in [0.15, 0.2) is 0 Å². The van der Waals surface area contributed by atoms with Crippen molar-refractivity contribution in [3.05, 3.63) is 48.3 Å². The second-order valence-electron chi connectivity index (χ2n) is 7.00. The molecule has 2 aromatic rings. The van der Waals surface area contributed by atoms with E-state index in [1.54, 1.807) is 6.20 Å². The average Bonchev–Trinajstić information content (AvgIpc) is 3.25. The minimum Gasteiger partial charge on any atom is -0.325 e. The van der Waals surface area contributed by atoms with E-state index in [0.717, 1.165) is 18.7 Å². The van der Waals surface area contributed by atoms with Gasteiger partial charge in [0, 0.05) is 24.1 Å². The van der Waals surface area contributed by atoms with Gasteiger partial charge in [-0.3, -0.25) is 9.48 Å². The summed E-state index contributed by atoms with van der Waals surface area (Å²) in [6.07, 6.45) is 9.80. The first-order chi connectivity index (χ1) is 11.8. The SMILES string of the molecule is O=C(Nc1ccc(Cn2cccn2)cc1)C1CC2CCCCC2N1. The van der Waals surface area contributed by atoms with Crippen molar-refractivity contribution in [1.82, 2.24) is 15.1 Å². The molecule has 3 atom stereocenters. The number of anilines is 1. The molecule has 1 aromatic heterocycles. The third-order valence-corrected chi connectivity index (χ3v) is 5.30. The molecule has 1 saturated heterocycles. The Morgan fingerprint density at radius 1 is 1.25 bits per heavy atom. The van der Waals surface area contributed by atoms with Gasteiger partial charge in [-0.2, -0.15) is 5.10 Å². The molecular weight excluding hydrogens is 300 g/mol. The molecule has 4 rings (SSSR count). The van der Waals surface area contributed by atoms with Gasteiger partial charge < -0.3 is 10.6 Å². The number of carbonyl (C=O) groups is 1. The van der Waals surface area contributed by atoms with Crippen LogP contribution in [0.1, 0.15) is 37.7 Å². The zero-order valence-corrected chi connectivity index (χ0v) is 13.8. The van der Waals surface area contributed by atoms with Crippen molar-refractivity contribution in [2.24, 2.45) is 5.92 Å². The Morgan fingerprint density at radius 2 is 2.08 bits per heavy atom. The molecular formula is C19H24N4O. The van der Waals surface area contributed by atoms with E-state index in [-0.39, 0.29) is 11.9 Å². The summed E-state index contributed by atoms with van der Waals surface area (Å²) in [5.41, 5.74) is 2.03. The first-order valence-corrected chi connectivity index (χ1v) is 8.91. The molecule has 2 fully saturated rings. The van der Waals surface area contributed by atoms with E-state index in [4.69, 9.17) is 0 Å². The number of nitrogens with one attached hydrogen (secondary N) is 2. The summed E-state index contributed by atoms with van der Waals surface area (Å²) in [5.74, 6) is 0.787. The molecule has 2 heterocycles. The second-order valence-corrected chi connectivity index (χ2v) is 7.00. The van der Waals surface area contributed by atoms with Crippen LogP contribution >= 0.6 is 0 Å². The molecule has 1 aromatic carbocycles. The molecule has 126 valence electrons. The van der Waals surface area contributed by atoms with Gasteiger partial charge in [-0.25, -0.2) is 0 Å². The third-order valence-electron chi connectivity index (χ3n) is 5.30. The minimum absolute atomic E-state index is 0.0400. The van der Waals surface area contributed by atoms with Gasteiger partial charge in [0.05, 0.1) is 12.6 Å². The van der Waals surface area contributed by atoms with E-state index in [1.807, 2.05) is 41.2 Å². The van der Waals surface area contributed by atoms with Crippen LogP contribution in [0.25, 0.3) is 0 Å². The number of nitrogens with zero attached hydrogens (tertiary/aromatic N) is 2. The lowest BCUT2D eigenvalue weighted by atomic mass is 9.85. The molecule has 1 aliphatic carbocycles. The summed E-state index contributed by atoms with van der Waals surface area (Å²) in [6, 6.07) is 10.4. The predicted octanol–water partition coefficient (Wildman–Crippen LogP) is 2.79. The van der Waals surface area contributed by atoms with Crippen LogP contribution in [0.2, 0.25) is 0 Å². The molecule has 24 heavy (non-hydrogen) atoms. The molecule has 0 bridgehead atoms. The van der Waals surface area contributed by atoms with Crippen molar-refractivity contribution < 1.29 is 4.79 Å². The fourth-order valence-electron chi connectivity index (χ4n) is 4.03. The standard InChI is InChI=1S/C19H24N4O/c24-19(18-12-15-4-1-2-5-17(15)22-18)21-16-8-6-14(7-9-16)13-23-11-3-10-20-23/h3,6-11,15,17-18,22H,1-2,4-5,12-13H2,(H,21,24). The zero-order chi connectivity index (χ0) is 16.4. The summed E-state index contributed by atoms with van der Waals surface area (Å²) < 4.78 is 1.89. The van der Waals surface area contributed by atoms with E-state index < -0.39 is 0 Å². The highest BCUT2D eigenvalue weighted by Gasteiger charge is 2.38. The Labute approximate surface area is 142 Å². The van der Waals surface area contributed by atoms with E-state index in [9.17, 15) is 4.79 Å². The van der Waals surface area contributed by atoms with E-state index in [1.165, 1.54) is 31.2 Å². The fraction of sp³-hybridized carbons (Fsp3) is 0.474. The van der Waals surface area contributed by atoms with Crippen molar-refractivity contribution >= 4 is 11.6 Å². The quantitative estimate of drug-likeness (QED) is 0.909. The van der Waals surface area contributed by atoms with Crippen LogP contribution in [0.4, 0.5) is 5.69 Å². The van der Waals surface area contributed by atoms with Crippen molar-refractivity contribution in [3.63, 3.8) is 0 Å². The number of hydrogen-bond donors (Lipinski definition) is 2. The normalized spacial score (nSPS) is 26.1. The summed E-state index contributed by atoms with van der Waals surface area (Å²) >= 11 is 0. The summed E-state index contributed by atoms with van der Waals surface area (Å²) in [7, 11) is 0. The maximum absolute atomic E-state index is 12.5. The van der Waals surface area contributed by atoms with Crippen LogP contribution in [0.3, 0.4) is 0 Å². The van der Waals surface area contributed by atoms with Crippen LogP contribution in [-0.2, 0) is 11.3 Å². The number of carbonyl (C=O) groups excluding carboxylic acids is 1. The van der Waals surface area contributed by atoms with Crippen molar-refractivity contribution in [1.29, 1.82) is 0 Å². The maximum Gasteiger partial charge on any atom is 0.241 e. The number of amides is 1. The predicted molar refractivity (Wildman–Crippen MR) is 93.7 cm³/mol. The number of aromatic nitrogens is 2. The molecule has 2 N–H and O–H groups in total. The lowest BCUT2D eigenvalue weighted by Gasteiger charge is -2.24. The first-order valence-electron chi connectivity index (χ1n) is 8.91. The molecule has 2 aliphatic rings. The monoisotopic (exact) mass is 324 g/mol. The average molecular weight is 324 g/mol. The molecule has 1 saturated carbocycles. The zero-order valence-electron chi connectivity index (χ0n) is 13.8. The van der Waals surface area contributed by atoms with Gasteiger partial charge in [-0.05, 0) is 48.9 Å². The largest absolute Gasteiger partial charge is 0.325 e. The number of rotatable bonds is 4. The highest BCUT2D eigenvalue weighted by Crippen LogP contribution is 2.33. The molecule has 0 radical (unpaired) electrons. The van der Waals surface area contributed by atoms with Gasteiger partial charge in [-0.15, -0.1) is 0 Å². The summed E-state index contributed by atoms with van der Waals surface area (Å²) in [4.78, 5) is 12.5. The first kappa shape index (κ1) is 15.4. The number of benzene rings is 1. The van der Waals surface area contributed by atoms with Crippen LogP contribution in [0.15, 0.2) is 42.7 Å². The Morgan fingerprint density at radius 3 is 2.83 bits per heavy atom. The Bertz CT molecular complexity index is 666. The van der Waals surface area contributed by atoms with Gasteiger partial charge in [0.1, 0.15) is 0 Å². The van der Waals surface area contributed by atoms with Gasteiger partial charge in [0.25, 0.3) is 0 Å². The van der Waals surface area contributed by atoms with Gasteiger partial charge in [-0.1, -0.05) is 25.0 Å². The molecule has 1 amide bonds.